The van der Waals surface area contributed by atoms with E-state index in [0.29, 0.717) is 5.41 Å². The molecule has 0 bridgehead atoms. The minimum absolute atomic E-state index is 0.447. The average molecular weight is 285 g/mol. The quantitative estimate of drug-likeness (QED) is 0.682. The van der Waals surface area contributed by atoms with Crippen LogP contribution in [0.2, 0.25) is 0 Å². The summed E-state index contributed by atoms with van der Waals surface area (Å²) in [6.45, 7) is 19.3. The SMILES string of the molecule is C=Cc1c(C)cccc1/C=C(\C)N1CCC(C)(C)C1.CC. The van der Waals surface area contributed by atoms with E-state index in [1.807, 2.05) is 19.9 Å². The number of rotatable bonds is 3. The van der Waals surface area contributed by atoms with Gasteiger partial charge in [0.1, 0.15) is 0 Å². The van der Waals surface area contributed by atoms with Crippen molar-refractivity contribution in [2.75, 3.05) is 13.1 Å². The molecular formula is C20H31N. The van der Waals surface area contributed by atoms with Crippen molar-refractivity contribution in [3.05, 3.63) is 47.2 Å². The van der Waals surface area contributed by atoms with E-state index < -0.39 is 0 Å². The lowest BCUT2D eigenvalue weighted by Gasteiger charge is -2.22. The Morgan fingerprint density at radius 1 is 1.29 bits per heavy atom. The van der Waals surface area contributed by atoms with E-state index in [9.17, 15) is 0 Å². The third-order valence-electron chi connectivity index (χ3n) is 4.10. The minimum Gasteiger partial charge on any atom is -0.374 e. The summed E-state index contributed by atoms with van der Waals surface area (Å²) in [5, 5.41) is 0. The third kappa shape index (κ3) is 4.49. The number of aryl methyl sites for hydroxylation is 1. The van der Waals surface area contributed by atoms with Gasteiger partial charge in [-0.3, -0.25) is 0 Å². The second-order valence-corrected chi connectivity index (χ2v) is 6.40. The summed E-state index contributed by atoms with van der Waals surface area (Å²) < 4.78 is 0. The van der Waals surface area contributed by atoms with Gasteiger partial charge >= 0.3 is 0 Å². The first-order valence-electron chi connectivity index (χ1n) is 8.08. The average Bonchev–Trinajstić information content (AvgIpc) is 2.82. The molecule has 0 aromatic heterocycles. The molecule has 1 aromatic carbocycles. The Kier molecular flexibility index (Phi) is 6.26. The van der Waals surface area contributed by atoms with Crippen molar-refractivity contribution in [3.63, 3.8) is 0 Å². The van der Waals surface area contributed by atoms with Gasteiger partial charge in [-0.25, -0.2) is 0 Å². The summed E-state index contributed by atoms with van der Waals surface area (Å²) >= 11 is 0. The van der Waals surface area contributed by atoms with E-state index in [-0.39, 0.29) is 0 Å². The number of nitrogens with zero attached hydrogens (tertiary/aromatic N) is 1. The summed E-state index contributed by atoms with van der Waals surface area (Å²) in [5.41, 5.74) is 5.62. The molecule has 1 aromatic rings. The maximum absolute atomic E-state index is 3.94. The normalized spacial score (nSPS) is 17.2. The molecule has 1 nitrogen and oxygen atoms in total. The molecule has 0 unspecified atom stereocenters. The largest absolute Gasteiger partial charge is 0.374 e. The van der Waals surface area contributed by atoms with Crippen molar-refractivity contribution in [1.82, 2.24) is 4.90 Å². The van der Waals surface area contributed by atoms with E-state index in [1.165, 1.54) is 35.4 Å². The fraction of sp³-hybridized carbons (Fsp3) is 0.500. The Morgan fingerprint density at radius 2 is 1.95 bits per heavy atom. The molecular weight excluding hydrogens is 254 g/mol. The van der Waals surface area contributed by atoms with Gasteiger partial charge in [0.05, 0.1) is 0 Å². The Hall–Kier alpha value is -1.50. The molecule has 1 heteroatoms. The highest BCUT2D eigenvalue weighted by Crippen LogP contribution is 2.31. The number of hydrogen-bond donors (Lipinski definition) is 0. The molecule has 1 fully saturated rings. The van der Waals surface area contributed by atoms with Crippen molar-refractivity contribution < 1.29 is 0 Å². The predicted octanol–water partition coefficient (Wildman–Crippen LogP) is 5.76. The van der Waals surface area contributed by atoms with E-state index in [0.717, 1.165) is 6.54 Å². The van der Waals surface area contributed by atoms with Crippen molar-refractivity contribution in [2.45, 2.75) is 48.0 Å². The molecule has 0 N–H and O–H groups in total. The second-order valence-electron chi connectivity index (χ2n) is 6.40. The fourth-order valence-electron chi connectivity index (χ4n) is 2.84. The molecule has 0 saturated carbocycles. The Bertz CT molecular complexity index is 509. The number of hydrogen-bond acceptors (Lipinski definition) is 1. The first kappa shape index (κ1) is 17.6. The number of benzene rings is 1. The molecule has 1 aliphatic heterocycles. The number of likely N-dealkylation sites (tertiary alicyclic amines) is 1. The van der Waals surface area contributed by atoms with Gasteiger partial charge in [0.2, 0.25) is 0 Å². The van der Waals surface area contributed by atoms with Gasteiger partial charge in [0, 0.05) is 18.8 Å². The summed E-state index contributed by atoms with van der Waals surface area (Å²) in [7, 11) is 0. The molecule has 1 aliphatic rings. The van der Waals surface area contributed by atoms with Crippen molar-refractivity contribution in [1.29, 1.82) is 0 Å². The van der Waals surface area contributed by atoms with Crippen LogP contribution in [0.1, 0.15) is 57.7 Å². The lowest BCUT2D eigenvalue weighted by molar-refractivity contribution is 0.344. The molecule has 0 atom stereocenters. The predicted molar refractivity (Wildman–Crippen MR) is 96.2 cm³/mol. The molecule has 0 amide bonds. The molecule has 1 saturated heterocycles. The highest BCUT2D eigenvalue weighted by molar-refractivity contribution is 5.67. The van der Waals surface area contributed by atoms with Crippen LogP contribution in [0.5, 0.6) is 0 Å². The van der Waals surface area contributed by atoms with Gasteiger partial charge in [-0.15, -0.1) is 0 Å². The van der Waals surface area contributed by atoms with Crippen LogP contribution >= 0.6 is 0 Å². The first-order valence-corrected chi connectivity index (χ1v) is 8.08. The highest BCUT2D eigenvalue weighted by Gasteiger charge is 2.29. The zero-order chi connectivity index (χ0) is 16.0. The smallest absolute Gasteiger partial charge is 0.0226 e. The summed E-state index contributed by atoms with van der Waals surface area (Å²) in [4.78, 5) is 2.50. The van der Waals surface area contributed by atoms with Crippen LogP contribution in [-0.4, -0.2) is 18.0 Å². The first-order chi connectivity index (χ1) is 9.93. The van der Waals surface area contributed by atoms with E-state index in [2.05, 4.69) is 63.4 Å². The van der Waals surface area contributed by atoms with Gasteiger partial charge in [0.15, 0.2) is 0 Å². The van der Waals surface area contributed by atoms with Crippen LogP contribution in [0.4, 0.5) is 0 Å². The third-order valence-corrected chi connectivity index (χ3v) is 4.10. The molecule has 1 heterocycles. The zero-order valence-corrected chi connectivity index (χ0v) is 14.7. The molecule has 116 valence electrons. The van der Waals surface area contributed by atoms with Crippen LogP contribution in [0.3, 0.4) is 0 Å². The van der Waals surface area contributed by atoms with Gasteiger partial charge in [-0.1, -0.05) is 58.5 Å². The standard InChI is InChI=1S/C18H25N.C2H6/c1-6-17-14(2)8-7-9-16(17)12-15(3)19-11-10-18(4,5)13-19;1-2/h6-9,12H,1,10-11,13H2,2-5H3;1-2H3/b15-12+;. The highest BCUT2D eigenvalue weighted by atomic mass is 15.2. The lowest BCUT2D eigenvalue weighted by Crippen LogP contribution is -2.21. The zero-order valence-electron chi connectivity index (χ0n) is 14.7. The van der Waals surface area contributed by atoms with Crippen molar-refractivity contribution in [2.24, 2.45) is 5.41 Å². The van der Waals surface area contributed by atoms with Gasteiger partial charge < -0.3 is 4.90 Å². The minimum atomic E-state index is 0.447. The van der Waals surface area contributed by atoms with E-state index in [4.69, 9.17) is 0 Å². The van der Waals surface area contributed by atoms with Gasteiger partial charge in [0.25, 0.3) is 0 Å². The Balaban J connectivity index is 0.00000106. The van der Waals surface area contributed by atoms with E-state index >= 15 is 0 Å². The molecule has 21 heavy (non-hydrogen) atoms. The van der Waals surface area contributed by atoms with Crippen molar-refractivity contribution in [3.8, 4) is 0 Å². The van der Waals surface area contributed by atoms with Crippen molar-refractivity contribution >= 4 is 12.2 Å². The van der Waals surface area contributed by atoms with Crippen LogP contribution in [0.15, 0.2) is 30.5 Å². The summed E-state index contributed by atoms with van der Waals surface area (Å²) in [5.74, 6) is 0. The number of allylic oxidation sites excluding steroid dienone is 1. The Morgan fingerprint density at radius 3 is 2.48 bits per heavy atom. The van der Waals surface area contributed by atoms with Crippen LogP contribution in [0, 0.1) is 12.3 Å². The monoisotopic (exact) mass is 285 g/mol. The Labute approximate surface area is 131 Å². The van der Waals surface area contributed by atoms with E-state index in [1.54, 1.807) is 0 Å². The topological polar surface area (TPSA) is 3.24 Å². The van der Waals surface area contributed by atoms with Crippen LogP contribution in [0.25, 0.3) is 12.2 Å². The van der Waals surface area contributed by atoms with Gasteiger partial charge in [-0.05, 0) is 48.4 Å². The molecule has 0 radical (unpaired) electrons. The molecule has 0 spiro atoms. The maximum atomic E-state index is 3.94. The summed E-state index contributed by atoms with van der Waals surface area (Å²) in [6.07, 6.45) is 5.54. The lowest BCUT2D eigenvalue weighted by atomic mass is 9.93. The molecule has 0 aliphatic carbocycles. The summed E-state index contributed by atoms with van der Waals surface area (Å²) in [6, 6.07) is 6.44. The molecule has 2 rings (SSSR count). The van der Waals surface area contributed by atoms with Crippen LogP contribution < -0.4 is 0 Å². The maximum Gasteiger partial charge on any atom is 0.0226 e. The second kappa shape index (κ2) is 7.49. The fourth-order valence-corrected chi connectivity index (χ4v) is 2.84. The van der Waals surface area contributed by atoms with Crippen LogP contribution in [-0.2, 0) is 0 Å². The van der Waals surface area contributed by atoms with Gasteiger partial charge in [-0.2, -0.15) is 0 Å².